The molecule has 0 saturated carbocycles. The molecule has 0 spiro atoms. The van der Waals surface area contributed by atoms with Gasteiger partial charge in [-0.15, -0.1) is 0 Å². The molecule has 0 radical (unpaired) electrons. The predicted molar refractivity (Wildman–Crippen MR) is 74.6 cm³/mol. The fourth-order valence-electron chi connectivity index (χ4n) is 1.83. The molecule has 0 aromatic carbocycles. The van der Waals surface area contributed by atoms with Crippen molar-refractivity contribution in [1.82, 2.24) is 14.3 Å². The third-order valence-electron chi connectivity index (χ3n) is 3.06. The third-order valence-corrected chi connectivity index (χ3v) is 5.29. The van der Waals surface area contributed by atoms with Gasteiger partial charge in [0.15, 0.2) is 11.0 Å². The highest BCUT2D eigenvalue weighted by Gasteiger charge is 2.27. The molecule has 19 heavy (non-hydrogen) atoms. The molecule has 0 amide bonds. The molecule has 0 bridgehead atoms. The van der Waals surface area contributed by atoms with Gasteiger partial charge < -0.3 is 0 Å². The lowest BCUT2D eigenvalue weighted by molar-refractivity contribution is 0.289. The minimum Gasteiger partial charge on any atom is -0.253 e. The lowest BCUT2D eigenvalue weighted by Gasteiger charge is -2.29. The van der Waals surface area contributed by atoms with Crippen LogP contribution in [0.15, 0.2) is 6.33 Å². The van der Waals surface area contributed by atoms with Gasteiger partial charge in [0.25, 0.3) is 0 Å². The van der Waals surface area contributed by atoms with Crippen LogP contribution in [-0.2, 0) is 10.2 Å². The fourth-order valence-corrected chi connectivity index (χ4v) is 3.39. The van der Waals surface area contributed by atoms with E-state index >= 15 is 0 Å². The molecule has 9 heteroatoms. The molecule has 0 aliphatic carbocycles. The molecule has 1 aliphatic rings. The first kappa shape index (κ1) is 14.8. The second kappa shape index (κ2) is 5.78. The Balaban J connectivity index is 2.15. The standard InChI is InChI=1S/C10H14Cl2N4O2S/c1-7-2-4-16(5-3-7)19(17,18)15-10-8(11)9(12)13-6-14-10/h6-7H,2-5H2,1H3,(H,13,14,15). The highest BCUT2D eigenvalue weighted by atomic mass is 35.5. The van der Waals surface area contributed by atoms with Crippen molar-refractivity contribution < 1.29 is 8.42 Å². The molecule has 2 rings (SSSR count). The summed E-state index contributed by atoms with van der Waals surface area (Å²) in [7, 11) is -3.65. The molecule has 1 N–H and O–H groups in total. The summed E-state index contributed by atoms with van der Waals surface area (Å²) < 4.78 is 28.1. The Bertz CT molecular complexity index is 559. The summed E-state index contributed by atoms with van der Waals surface area (Å²) in [4.78, 5) is 7.46. The van der Waals surface area contributed by atoms with E-state index in [1.807, 2.05) is 0 Å². The monoisotopic (exact) mass is 324 g/mol. The molecule has 2 heterocycles. The van der Waals surface area contributed by atoms with Crippen LogP contribution in [0.25, 0.3) is 0 Å². The average Bonchev–Trinajstić information content (AvgIpc) is 2.35. The zero-order chi connectivity index (χ0) is 14.0. The van der Waals surface area contributed by atoms with Crippen LogP contribution in [0.1, 0.15) is 19.8 Å². The molecule has 106 valence electrons. The van der Waals surface area contributed by atoms with Gasteiger partial charge in [0.1, 0.15) is 11.3 Å². The quantitative estimate of drug-likeness (QED) is 0.864. The number of hydrogen-bond acceptors (Lipinski definition) is 4. The summed E-state index contributed by atoms with van der Waals surface area (Å²) in [6.45, 7) is 3.10. The van der Waals surface area contributed by atoms with E-state index in [0.29, 0.717) is 19.0 Å². The smallest absolute Gasteiger partial charge is 0.253 e. The van der Waals surface area contributed by atoms with Crippen LogP contribution >= 0.6 is 23.2 Å². The van der Waals surface area contributed by atoms with Crippen molar-refractivity contribution in [2.45, 2.75) is 19.8 Å². The van der Waals surface area contributed by atoms with Gasteiger partial charge in [-0.2, -0.15) is 12.7 Å². The number of nitrogens with one attached hydrogen (secondary N) is 1. The van der Waals surface area contributed by atoms with Crippen LogP contribution in [0.5, 0.6) is 0 Å². The highest BCUT2D eigenvalue weighted by Crippen LogP contribution is 2.27. The second-order valence-electron chi connectivity index (χ2n) is 4.52. The van der Waals surface area contributed by atoms with E-state index in [4.69, 9.17) is 23.2 Å². The topological polar surface area (TPSA) is 75.2 Å². The lowest BCUT2D eigenvalue weighted by atomic mass is 10.0. The van der Waals surface area contributed by atoms with E-state index in [-0.39, 0.29) is 16.0 Å². The first-order chi connectivity index (χ1) is 8.90. The summed E-state index contributed by atoms with van der Waals surface area (Å²) >= 11 is 11.6. The number of aromatic nitrogens is 2. The van der Waals surface area contributed by atoms with Crippen molar-refractivity contribution in [3.8, 4) is 0 Å². The minimum absolute atomic E-state index is 0.000267. The molecular weight excluding hydrogens is 311 g/mol. The van der Waals surface area contributed by atoms with Gasteiger partial charge >= 0.3 is 10.2 Å². The Hall–Kier alpha value is -0.630. The van der Waals surface area contributed by atoms with Crippen LogP contribution in [-0.4, -0.2) is 35.8 Å². The number of rotatable bonds is 3. The Morgan fingerprint density at radius 2 is 1.95 bits per heavy atom. The summed E-state index contributed by atoms with van der Waals surface area (Å²) in [6, 6.07) is 0. The van der Waals surface area contributed by atoms with Crippen LogP contribution in [0, 0.1) is 5.92 Å². The van der Waals surface area contributed by atoms with Crippen LogP contribution in [0.2, 0.25) is 10.2 Å². The Labute approximate surface area is 122 Å². The molecule has 1 aromatic rings. The number of nitrogens with zero attached hydrogens (tertiary/aromatic N) is 3. The van der Waals surface area contributed by atoms with E-state index < -0.39 is 10.2 Å². The summed E-state index contributed by atoms with van der Waals surface area (Å²) in [5.74, 6) is 0.545. The van der Waals surface area contributed by atoms with Crippen molar-refractivity contribution in [2.24, 2.45) is 5.92 Å². The van der Waals surface area contributed by atoms with Crippen molar-refractivity contribution in [3.05, 3.63) is 16.5 Å². The molecular formula is C10H14Cl2N4O2S. The Morgan fingerprint density at radius 1 is 1.32 bits per heavy atom. The molecule has 1 aliphatic heterocycles. The molecule has 1 aromatic heterocycles. The maximum atomic E-state index is 12.2. The van der Waals surface area contributed by atoms with Gasteiger partial charge in [0, 0.05) is 13.1 Å². The first-order valence-corrected chi connectivity index (χ1v) is 8.03. The third kappa shape index (κ3) is 3.47. The van der Waals surface area contributed by atoms with Gasteiger partial charge in [-0.1, -0.05) is 30.1 Å². The van der Waals surface area contributed by atoms with Crippen molar-refractivity contribution in [3.63, 3.8) is 0 Å². The van der Waals surface area contributed by atoms with Crippen LogP contribution in [0.4, 0.5) is 5.82 Å². The first-order valence-electron chi connectivity index (χ1n) is 5.84. The zero-order valence-electron chi connectivity index (χ0n) is 10.3. The summed E-state index contributed by atoms with van der Waals surface area (Å²) in [6.07, 6.45) is 2.85. The molecule has 6 nitrogen and oxygen atoms in total. The Kier molecular flexibility index (Phi) is 4.50. The number of anilines is 1. The van der Waals surface area contributed by atoms with E-state index in [1.165, 1.54) is 4.31 Å². The largest absolute Gasteiger partial charge is 0.302 e. The normalized spacial score (nSPS) is 18.5. The van der Waals surface area contributed by atoms with Gasteiger partial charge in [0.05, 0.1) is 0 Å². The average molecular weight is 325 g/mol. The molecule has 1 saturated heterocycles. The second-order valence-corrected chi connectivity index (χ2v) is 6.92. The van der Waals surface area contributed by atoms with Crippen molar-refractivity contribution >= 4 is 39.2 Å². The van der Waals surface area contributed by atoms with Crippen molar-refractivity contribution in [2.75, 3.05) is 17.8 Å². The molecule has 0 atom stereocenters. The highest BCUT2D eigenvalue weighted by molar-refractivity contribution is 7.90. The molecule has 1 fully saturated rings. The maximum Gasteiger partial charge on any atom is 0.302 e. The lowest BCUT2D eigenvalue weighted by Crippen LogP contribution is -2.41. The SMILES string of the molecule is CC1CCN(S(=O)(=O)Nc2ncnc(Cl)c2Cl)CC1. The summed E-state index contributed by atoms with van der Waals surface area (Å²) in [5, 5.41) is 0.0137. The van der Waals surface area contributed by atoms with E-state index in [9.17, 15) is 8.42 Å². The van der Waals surface area contributed by atoms with E-state index in [1.54, 1.807) is 0 Å². The van der Waals surface area contributed by atoms with E-state index in [2.05, 4.69) is 21.6 Å². The number of piperidine rings is 1. The minimum atomic E-state index is -3.65. The van der Waals surface area contributed by atoms with Gasteiger partial charge in [-0.3, -0.25) is 4.72 Å². The van der Waals surface area contributed by atoms with Crippen LogP contribution in [0.3, 0.4) is 0 Å². The fraction of sp³-hybridized carbons (Fsp3) is 0.600. The predicted octanol–water partition coefficient (Wildman–Crippen LogP) is 2.17. The zero-order valence-corrected chi connectivity index (χ0v) is 12.6. The number of hydrogen-bond donors (Lipinski definition) is 1. The maximum absolute atomic E-state index is 12.2. The van der Waals surface area contributed by atoms with Crippen molar-refractivity contribution in [1.29, 1.82) is 0 Å². The van der Waals surface area contributed by atoms with Gasteiger partial charge in [0.2, 0.25) is 0 Å². The summed E-state index contributed by atoms with van der Waals surface area (Å²) in [5.41, 5.74) is 0. The number of halogens is 2. The Morgan fingerprint density at radius 3 is 2.58 bits per heavy atom. The van der Waals surface area contributed by atoms with Crippen LogP contribution < -0.4 is 4.72 Å². The van der Waals surface area contributed by atoms with Gasteiger partial charge in [-0.25, -0.2) is 9.97 Å². The molecule has 0 unspecified atom stereocenters. The van der Waals surface area contributed by atoms with Gasteiger partial charge in [-0.05, 0) is 18.8 Å². The van der Waals surface area contributed by atoms with E-state index in [0.717, 1.165) is 19.2 Å².